The van der Waals surface area contributed by atoms with Gasteiger partial charge in [-0.3, -0.25) is 0 Å². The van der Waals surface area contributed by atoms with Gasteiger partial charge in [0.25, 0.3) is 0 Å². The Bertz CT molecular complexity index is 239. The van der Waals surface area contributed by atoms with E-state index in [0.717, 1.165) is 19.5 Å². The molecule has 1 unspecified atom stereocenters. The molecule has 0 radical (unpaired) electrons. The van der Waals surface area contributed by atoms with Crippen LogP contribution in [0.5, 0.6) is 0 Å². The predicted molar refractivity (Wildman–Crippen MR) is 59.6 cm³/mol. The van der Waals surface area contributed by atoms with Gasteiger partial charge in [0.05, 0.1) is 5.75 Å². The molecule has 0 fully saturated rings. The number of rotatable bonds is 7. The maximum absolute atomic E-state index is 10.7. The first kappa shape index (κ1) is 13.9. The molecule has 4 nitrogen and oxygen atoms in total. The fourth-order valence-corrected chi connectivity index (χ4v) is 1.95. The van der Waals surface area contributed by atoms with Gasteiger partial charge >= 0.3 is 0 Å². The number of hydrogen-bond acceptors (Lipinski definition) is 3. The van der Waals surface area contributed by atoms with E-state index in [1.54, 1.807) is 0 Å². The zero-order valence-corrected chi connectivity index (χ0v) is 10.2. The molecule has 86 valence electrons. The van der Waals surface area contributed by atoms with Crippen molar-refractivity contribution in [2.24, 2.45) is 5.14 Å². The van der Waals surface area contributed by atoms with Crippen molar-refractivity contribution in [1.29, 1.82) is 0 Å². The van der Waals surface area contributed by atoms with Crippen LogP contribution >= 0.6 is 0 Å². The lowest BCUT2D eigenvalue weighted by Gasteiger charge is -2.26. The molecule has 0 aromatic rings. The minimum Gasteiger partial charge on any atom is -0.301 e. The fraction of sp³-hybridized carbons (Fsp3) is 1.00. The van der Waals surface area contributed by atoms with Gasteiger partial charge in [0.1, 0.15) is 0 Å². The molecule has 0 aromatic heterocycles. The van der Waals surface area contributed by atoms with Crippen molar-refractivity contribution in [1.82, 2.24) is 4.90 Å². The summed E-state index contributed by atoms with van der Waals surface area (Å²) in [6.07, 6.45) is 1.71. The average Bonchev–Trinajstić information content (AvgIpc) is 2.09. The van der Waals surface area contributed by atoms with Crippen molar-refractivity contribution in [2.45, 2.75) is 39.7 Å². The molecule has 5 heteroatoms. The molecule has 0 aliphatic carbocycles. The molecule has 0 saturated heterocycles. The van der Waals surface area contributed by atoms with E-state index in [1.807, 2.05) is 0 Å². The average molecular weight is 222 g/mol. The highest BCUT2D eigenvalue weighted by Gasteiger charge is 2.10. The van der Waals surface area contributed by atoms with E-state index in [2.05, 4.69) is 25.7 Å². The van der Waals surface area contributed by atoms with Crippen molar-refractivity contribution < 1.29 is 8.42 Å². The first-order chi connectivity index (χ1) is 6.40. The second-order valence-corrected chi connectivity index (χ2v) is 5.34. The predicted octanol–water partition coefficient (Wildman–Crippen LogP) is 0.785. The lowest BCUT2D eigenvalue weighted by Crippen LogP contribution is -2.34. The molecule has 0 heterocycles. The lowest BCUT2D eigenvalue weighted by molar-refractivity contribution is 0.215. The van der Waals surface area contributed by atoms with Crippen LogP contribution in [0.3, 0.4) is 0 Å². The Morgan fingerprint density at radius 2 is 1.93 bits per heavy atom. The van der Waals surface area contributed by atoms with Gasteiger partial charge in [0.2, 0.25) is 10.0 Å². The van der Waals surface area contributed by atoms with Gasteiger partial charge in [-0.05, 0) is 32.9 Å². The largest absolute Gasteiger partial charge is 0.301 e. The third-order valence-electron chi connectivity index (χ3n) is 2.49. The minimum atomic E-state index is -3.29. The SMILES string of the molecule is CCC(C)N(CC)CCCS(N)(=O)=O. The van der Waals surface area contributed by atoms with E-state index in [4.69, 9.17) is 5.14 Å². The third-order valence-corrected chi connectivity index (χ3v) is 3.35. The summed E-state index contributed by atoms with van der Waals surface area (Å²) in [7, 11) is -3.29. The van der Waals surface area contributed by atoms with Crippen molar-refractivity contribution in [3.8, 4) is 0 Å². The first-order valence-electron chi connectivity index (χ1n) is 5.15. The monoisotopic (exact) mass is 222 g/mol. The zero-order valence-electron chi connectivity index (χ0n) is 9.36. The summed E-state index contributed by atoms with van der Waals surface area (Å²) < 4.78 is 21.4. The molecule has 0 bridgehead atoms. The van der Waals surface area contributed by atoms with E-state index in [-0.39, 0.29) is 5.75 Å². The Morgan fingerprint density at radius 1 is 1.36 bits per heavy atom. The Balaban J connectivity index is 3.85. The van der Waals surface area contributed by atoms with E-state index < -0.39 is 10.0 Å². The van der Waals surface area contributed by atoms with E-state index >= 15 is 0 Å². The molecule has 0 spiro atoms. The second-order valence-electron chi connectivity index (χ2n) is 3.61. The Morgan fingerprint density at radius 3 is 2.29 bits per heavy atom. The van der Waals surface area contributed by atoms with E-state index in [1.165, 1.54) is 0 Å². The van der Waals surface area contributed by atoms with Crippen LogP contribution in [0.4, 0.5) is 0 Å². The van der Waals surface area contributed by atoms with Gasteiger partial charge in [0, 0.05) is 6.04 Å². The first-order valence-corrected chi connectivity index (χ1v) is 6.86. The van der Waals surface area contributed by atoms with Crippen molar-refractivity contribution in [2.75, 3.05) is 18.8 Å². The van der Waals surface area contributed by atoms with Crippen LogP contribution in [-0.2, 0) is 10.0 Å². The van der Waals surface area contributed by atoms with Crippen LogP contribution in [0.2, 0.25) is 0 Å². The van der Waals surface area contributed by atoms with Crippen LogP contribution in [0.1, 0.15) is 33.6 Å². The molecule has 0 rings (SSSR count). The van der Waals surface area contributed by atoms with Crippen molar-refractivity contribution >= 4 is 10.0 Å². The van der Waals surface area contributed by atoms with Crippen LogP contribution in [0, 0.1) is 0 Å². The summed E-state index contributed by atoms with van der Waals surface area (Å²) in [5.74, 6) is 0.0833. The third kappa shape index (κ3) is 6.34. The molecule has 0 amide bonds. The maximum Gasteiger partial charge on any atom is 0.209 e. The van der Waals surface area contributed by atoms with Gasteiger partial charge in [-0.2, -0.15) is 0 Å². The van der Waals surface area contributed by atoms with E-state index in [0.29, 0.717) is 12.5 Å². The lowest BCUT2D eigenvalue weighted by atomic mass is 10.2. The topological polar surface area (TPSA) is 63.4 Å². The van der Waals surface area contributed by atoms with Crippen molar-refractivity contribution in [3.63, 3.8) is 0 Å². The summed E-state index contributed by atoms with van der Waals surface area (Å²) in [6.45, 7) is 8.14. The maximum atomic E-state index is 10.7. The number of nitrogens with two attached hydrogens (primary N) is 1. The highest BCUT2D eigenvalue weighted by molar-refractivity contribution is 7.89. The highest BCUT2D eigenvalue weighted by Crippen LogP contribution is 2.03. The van der Waals surface area contributed by atoms with E-state index in [9.17, 15) is 8.42 Å². The highest BCUT2D eigenvalue weighted by atomic mass is 32.2. The van der Waals surface area contributed by atoms with Crippen LogP contribution < -0.4 is 5.14 Å². The van der Waals surface area contributed by atoms with Crippen LogP contribution in [0.25, 0.3) is 0 Å². The number of hydrogen-bond donors (Lipinski definition) is 1. The smallest absolute Gasteiger partial charge is 0.209 e. The molecule has 0 aromatic carbocycles. The Labute approximate surface area is 87.5 Å². The number of nitrogens with zero attached hydrogens (tertiary/aromatic N) is 1. The summed E-state index contributed by atoms with van der Waals surface area (Å²) in [5.41, 5.74) is 0. The normalized spacial score (nSPS) is 14.6. The number of sulfonamides is 1. The minimum absolute atomic E-state index is 0.0833. The van der Waals surface area contributed by atoms with Gasteiger partial charge in [-0.25, -0.2) is 13.6 Å². The standard InChI is InChI=1S/C9H22N2O2S/c1-4-9(3)11(5-2)7-6-8-14(10,12)13/h9H,4-8H2,1-3H3,(H2,10,12,13). The molecule has 2 N–H and O–H groups in total. The molecule has 0 saturated carbocycles. The van der Waals surface area contributed by atoms with Crippen LogP contribution in [0.15, 0.2) is 0 Å². The van der Waals surface area contributed by atoms with Gasteiger partial charge in [0.15, 0.2) is 0 Å². The quantitative estimate of drug-likeness (QED) is 0.692. The zero-order chi connectivity index (χ0) is 11.2. The summed E-state index contributed by atoms with van der Waals surface area (Å²) in [4.78, 5) is 2.27. The van der Waals surface area contributed by atoms with Gasteiger partial charge < -0.3 is 4.90 Å². The summed E-state index contributed by atoms with van der Waals surface area (Å²) in [5, 5.41) is 4.93. The molecule has 0 aliphatic heterocycles. The Hall–Kier alpha value is -0.130. The fourth-order valence-electron chi connectivity index (χ4n) is 1.42. The molecular formula is C9H22N2O2S. The summed E-state index contributed by atoms with van der Waals surface area (Å²) >= 11 is 0. The van der Waals surface area contributed by atoms with Gasteiger partial charge in [-0.15, -0.1) is 0 Å². The van der Waals surface area contributed by atoms with Crippen molar-refractivity contribution in [3.05, 3.63) is 0 Å². The van der Waals surface area contributed by atoms with Gasteiger partial charge in [-0.1, -0.05) is 13.8 Å². The van der Waals surface area contributed by atoms with Crippen LogP contribution in [-0.4, -0.2) is 38.2 Å². The Kier molecular flexibility index (Phi) is 6.31. The molecule has 0 aliphatic rings. The molecular weight excluding hydrogens is 200 g/mol. The molecule has 14 heavy (non-hydrogen) atoms. The number of primary sulfonamides is 1. The molecule has 1 atom stereocenters. The summed E-state index contributed by atoms with van der Waals surface area (Å²) in [6, 6.07) is 0.514. The second kappa shape index (κ2) is 6.37.